The van der Waals surface area contributed by atoms with Crippen LogP contribution in [0.1, 0.15) is 15.9 Å². The summed E-state index contributed by atoms with van der Waals surface area (Å²) < 4.78 is 13.8. The minimum Gasteiger partial charge on any atom is -0.289 e. The van der Waals surface area contributed by atoms with Gasteiger partial charge in [-0.2, -0.15) is 0 Å². The van der Waals surface area contributed by atoms with Crippen LogP contribution in [0.3, 0.4) is 0 Å². The molecule has 0 atom stereocenters. The monoisotopic (exact) mass is 362 g/mol. The van der Waals surface area contributed by atoms with Crippen molar-refractivity contribution in [3.8, 4) is 0 Å². The first-order valence-electron chi connectivity index (χ1n) is 6.25. The maximum atomic E-state index is 13.6. The van der Waals surface area contributed by atoms with Crippen molar-refractivity contribution in [1.82, 2.24) is 0 Å². The average molecular weight is 364 g/mol. The number of hydrogen-bond donors (Lipinski definition) is 0. The molecule has 0 radical (unpaired) electrons. The van der Waals surface area contributed by atoms with Crippen LogP contribution in [0.2, 0.25) is 5.02 Å². The minimum atomic E-state index is -0.459. The Labute approximate surface area is 134 Å². The smallest absolute Gasteiger partial charge is 0.194 e. The number of halogens is 3. The molecule has 0 saturated heterocycles. The van der Waals surface area contributed by atoms with E-state index in [-0.39, 0.29) is 10.3 Å². The Balaban J connectivity index is 2.23. The van der Waals surface area contributed by atoms with Crippen molar-refractivity contribution in [2.24, 2.45) is 0 Å². The van der Waals surface area contributed by atoms with Crippen molar-refractivity contribution in [3.05, 3.63) is 81.0 Å². The molecule has 3 rings (SSSR count). The van der Waals surface area contributed by atoms with Gasteiger partial charge in [-0.15, -0.1) is 0 Å². The Bertz CT molecular complexity index is 861. The van der Waals surface area contributed by atoms with E-state index in [1.807, 2.05) is 24.3 Å². The molecular formula is C17H9BrClFO. The van der Waals surface area contributed by atoms with Crippen LogP contribution in [0, 0.1) is 5.82 Å². The van der Waals surface area contributed by atoms with Gasteiger partial charge >= 0.3 is 0 Å². The van der Waals surface area contributed by atoms with Gasteiger partial charge in [0.1, 0.15) is 5.82 Å². The molecule has 0 aromatic heterocycles. The summed E-state index contributed by atoms with van der Waals surface area (Å²) >= 11 is 9.29. The van der Waals surface area contributed by atoms with Crippen LogP contribution >= 0.6 is 27.5 Å². The van der Waals surface area contributed by atoms with E-state index in [1.54, 1.807) is 18.2 Å². The molecule has 0 aliphatic heterocycles. The van der Waals surface area contributed by atoms with Crippen LogP contribution < -0.4 is 0 Å². The molecular weight excluding hydrogens is 355 g/mol. The van der Waals surface area contributed by atoms with Gasteiger partial charge in [-0.3, -0.25) is 4.79 Å². The molecule has 0 amide bonds. The largest absolute Gasteiger partial charge is 0.289 e. The third kappa shape index (κ3) is 2.47. The minimum absolute atomic E-state index is 0.175. The van der Waals surface area contributed by atoms with Crippen molar-refractivity contribution >= 4 is 44.1 Å². The van der Waals surface area contributed by atoms with Crippen molar-refractivity contribution in [2.75, 3.05) is 0 Å². The first kappa shape index (κ1) is 14.2. The molecule has 0 heterocycles. The number of rotatable bonds is 2. The fraction of sp³-hybridized carbons (Fsp3) is 0. The summed E-state index contributed by atoms with van der Waals surface area (Å²) in [5.74, 6) is -0.701. The molecule has 0 aliphatic carbocycles. The maximum Gasteiger partial charge on any atom is 0.194 e. The number of carbonyl (C=O) groups is 1. The van der Waals surface area contributed by atoms with E-state index in [9.17, 15) is 9.18 Å². The molecule has 0 saturated carbocycles. The van der Waals surface area contributed by atoms with Crippen molar-refractivity contribution < 1.29 is 9.18 Å². The fourth-order valence-corrected chi connectivity index (χ4v) is 2.96. The van der Waals surface area contributed by atoms with Crippen LogP contribution in [-0.4, -0.2) is 5.78 Å². The van der Waals surface area contributed by atoms with E-state index in [0.717, 1.165) is 10.8 Å². The summed E-state index contributed by atoms with van der Waals surface area (Å²) in [6, 6.07) is 15.2. The van der Waals surface area contributed by atoms with Gasteiger partial charge in [0.05, 0.1) is 4.47 Å². The van der Waals surface area contributed by atoms with Gasteiger partial charge in [0.15, 0.2) is 5.78 Å². The SMILES string of the molecule is O=C(c1cccc(F)c1Br)c1ccc(Cl)c2ccccc12. The normalized spacial score (nSPS) is 10.8. The Morgan fingerprint density at radius 1 is 0.905 bits per heavy atom. The Hall–Kier alpha value is -1.71. The van der Waals surface area contributed by atoms with Crippen LogP contribution in [0.15, 0.2) is 59.1 Å². The second-order valence-corrected chi connectivity index (χ2v) is 5.77. The predicted molar refractivity (Wildman–Crippen MR) is 86.5 cm³/mol. The topological polar surface area (TPSA) is 17.1 Å². The number of fused-ring (bicyclic) bond motifs is 1. The number of hydrogen-bond acceptors (Lipinski definition) is 1. The number of benzene rings is 3. The highest BCUT2D eigenvalue weighted by Crippen LogP contribution is 2.30. The highest BCUT2D eigenvalue weighted by molar-refractivity contribution is 9.10. The van der Waals surface area contributed by atoms with Gasteiger partial charge in [-0.25, -0.2) is 4.39 Å². The molecule has 3 aromatic carbocycles. The summed E-state index contributed by atoms with van der Waals surface area (Å²) in [5.41, 5.74) is 0.795. The standard InChI is InChI=1S/C17H9BrClFO/c18-16-13(6-3-7-15(16)20)17(21)12-8-9-14(19)11-5-2-1-4-10(11)12/h1-9H. The molecule has 0 unspecified atom stereocenters. The lowest BCUT2D eigenvalue weighted by molar-refractivity contribution is 0.103. The Morgan fingerprint density at radius 2 is 1.62 bits per heavy atom. The van der Waals surface area contributed by atoms with Gasteiger partial charge in [0, 0.05) is 21.5 Å². The van der Waals surface area contributed by atoms with Crippen LogP contribution in [-0.2, 0) is 0 Å². The fourth-order valence-electron chi connectivity index (χ4n) is 2.28. The lowest BCUT2D eigenvalue weighted by atomic mass is 9.97. The lowest BCUT2D eigenvalue weighted by Gasteiger charge is -2.09. The van der Waals surface area contributed by atoms with Crippen LogP contribution in [0.5, 0.6) is 0 Å². The van der Waals surface area contributed by atoms with E-state index in [4.69, 9.17) is 11.6 Å². The molecule has 4 heteroatoms. The summed E-state index contributed by atoms with van der Waals surface area (Å²) in [6.07, 6.45) is 0. The lowest BCUT2D eigenvalue weighted by Crippen LogP contribution is -2.04. The molecule has 0 aliphatic rings. The first-order chi connectivity index (χ1) is 10.1. The summed E-state index contributed by atoms with van der Waals surface area (Å²) in [6.45, 7) is 0. The molecule has 104 valence electrons. The van der Waals surface area contributed by atoms with E-state index < -0.39 is 5.82 Å². The maximum absolute atomic E-state index is 13.6. The third-order valence-electron chi connectivity index (χ3n) is 3.31. The van der Waals surface area contributed by atoms with Gasteiger partial charge in [-0.1, -0.05) is 41.9 Å². The summed E-state index contributed by atoms with van der Waals surface area (Å²) in [5, 5.41) is 2.14. The van der Waals surface area contributed by atoms with Gasteiger partial charge in [0.2, 0.25) is 0 Å². The highest BCUT2D eigenvalue weighted by Gasteiger charge is 2.17. The second kappa shape index (κ2) is 5.58. The first-order valence-corrected chi connectivity index (χ1v) is 7.42. The van der Waals surface area contributed by atoms with Crippen molar-refractivity contribution in [2.45, 2.75) is 0 Å². The molecule has 1 nitrogen and oxygen atoms in total. The second-order valence-electron chi connectivity index (χ2n) is 4.57. The van der Waals surface area contributed by atoms with E-state index >= 15 is 0 Å². The molecule has 3 aromatic rings. The van der Waals surface area contributed by atoms with E-state index in [2.05, 4.69) is 15.9 Å². The van der Waals surface area contributed by atoms with Crippen molar-refractivity contribution in [3.63, 3.8) is 0 Å². The van der Waals surface area contributed by atoms with E-state index in [0.29, 0.717) is 16.1 Å². The zero-order valence-electron chi connectivity index (χ0n) is 10.7. The van der Waals surface area contributed by atoms with Gasteiger partial charge < -0.3 is 0 Å². The third-order valence-corrected chi connectivity index (χ3v) is 4.45. The average Bonchev–Trinajstić information content (AvgIpc) is 2.50. The van der Waals surface area contributed by atoms with Crippen LogP contribution in [0.25, 0.3) is 10.8 Å². The molecule has 0 spiro atoms. The molecule has 21 heavy (non-hydrogen) atoms. The Morgan fingerprint density at radius 3 is 2.38 bits per heavy atom. The summed E-state index contributed by atoms with van der Waals surface area (Å²) in [7, 11) is 0. The quantitative estimate of drug-likeness (QED) is 0.540. The summed E-state index contributed by atoms with van der Waals surface area (Å²) in [4.78, 5) is 12.7. The highest BCUT2D eigenvalue weighted by atomic mass is 79.9. The number of carbonyl (C=O) groups excluding carboxylic acids is 1. The predicted octanol–water partition coefficient (Wildman–Crippen LogP) is 5.63. The zero-order chi connectivity index (χ0) is 15.0. The van der Waals surface area contributed by atoms with Crippen molar-refractivity contribution in [1.29, 1.82) is 0 Å². The van der Waals surface area contributed by atoms with Crippen LogP contribution in [0.4, 0.5) is 4.39 Å². The number of ketones is 1. The zero-order valence-corrected chi connectivity index (χ0v) is 13.1. The van der Waals surface area contributed by atoms with Gasteiger partial charge in [0.25, 0.3) is 0 Å². The Kier molecular flexibility index (Phi) is 3.79. The molecule has 0 N–H and O–H groups in total. The molecule has 0 fully saturated rings. The van der Waals surface area contributed by atoms with E-state index in [1.165, 1.54) is 12.1 Å². The molecule has 0 bridgehead atoms. The van der Waals surface area contributed by atoms with Gasteiger partial charge in [-0.05, 0) is 45.6 Å².